The number of hydrogen-bond donors (Lipinski definition) is 1. The summed E-state index contributed by atoms with van der Waals surface area (Å²) in [6.45, 7) is 5.71. The van der Waals surface area contributed by atoms with E-state index in [0.29, 0.717) is 22.3 Å². The van der Waals surface area contributed by atoms with Crippen LogP contribution in [-0.2, 0) is 11.3 Å². The molecule has 1 amide bonds. The number of allylic oxidation sites excluding steroid dienone is 5. The Morgan fingerprint density at radius 3 is 2.59 bits per heavy atom. The fourth-order valence-electron chi connectivity index (χ4n) is 3.56. The van der Waals surface area contributed by atoms with Crippen molar-refractivity contribution >= 4 is 28.5 Å². The highest BCUT2D eigenvalue weighted by Gasteiger charge is 2.30. The third-order valence-electron chi connectivity index (χ3n) is 5.54. The zero-order valence-corrected chi connectivity index (χ0v) is 22.9. The molecule has 0 fully saturated rings. The van der Waals surface area contributed by atoms with Crippen molar-refractivity contribution in [3.05, 3.63) is 117 Å². The predicted molar refractivity (Wildman–Crippen MR) is 152 cm³/mol. The van der Waals surface area contributed by atoms with E-state index >= 15 is 0 Å². The third-order valence-corrected chi connectivity index (χ3v) is 6.42. The van der Waals surface area contributed by atoms with E-state index < -0.39 is 23.2 Å². The maximum Gasteiger partial charge on any atom is 0.272 e. The molecule has 8 heteroatoms. The number of aliphatic imine (C=N–C) groups is 1. The van der Waals surface area contributed by atoms with Gasteiger partial charge in [-0.25, -0.2) is 18.2 Å². The third kappa shape index (κ3) is 8.66. The van der Waals surface area contributed by atoms with E-state index in [4.69, 9.17) is 0 Å². The number of halogens is 3. The average Bonchev–Trinajstić information content (AvgIpc) is 3.43. The zero-order valence-electron chi connectivity index (χ0n) is 22.1. The fourth-order valence-corrected chi connectivity index (χ4v) is 4.21. The van der Waals surface area contributed by atoms with Gasteiger partial charge in [-0.1, -0.05) is 36.1 Å². The van der Waals surface area contributed by atoms with E-state index in [9.17, 15) is 18.0 Å². The first-order valence-electron chi connectivity index (χ1n) is 12.1. The van der Waals surface area contributed by atoms with Gasteiger partial charge in [-0.05, 0) is 73.7 Å². The van der Waals surface area contributed by atoms with Gasteiger partial charge in [-0.3, -0.25) is 9.78 Å². The number of thiophene rings is 1. The van der Waals surface area contributed by atoms with Crippen LogP contribution in [0.1, 0.15) is 43.7 Å². The standard InChI is InChI=1S/C31H28F3N3OS/c1-5-24(25-10-6-11-26(32)17-25)18-28(31(4,33)34)22(3)37-29(30(38)36-20-27-12-8-16-39-27)21(2)13-14-23-9-7-15-35-19-23/h5-12,15-19H,20H2,1-4H3,(H,36,38)/b24-5+,28-18+,29-21+,37-22+. The minimum atomic E-state index is -3.30. The summed E-state index contributed by atoms with van der Waals surface area (Å²) < 4.78 is 43.6. The van der Waals surface area contributed by atoms with Crippen LogP contribution in [-0.4, -0.2) is 22.5 Å². The number of rotatable bonds is 8. The molecule has 3 rings (SSSR count). The van der Waals surface area contributed by atoms with Crippen LogP contribution < -0.4 is 5.32 Å². The quantitative estimate of drug-likeness (QED) is 0.139. The highest BCUT2D eigenvalue weighted by molar-refractivity contribution is 7.09. The van der Waals surface area contributed by atoms with Crippen molar-refractivity contribution in [1.82, 2.24) is 10.3 Å². The van der Waals surface area contributed by atoms with E-state index in [1.54, 1.807) is 50.5 Å². The molecule has 0 saturated carbocycles. The zero-order chi connectivity index (χ0) is 28.4. The lowest BCUT2D eigenvalue weighted by atomic mass is 9.97. The SMILES string of the molecule is C\C=C(/C=C(\C(C)=N\C(C(=O)NCc1cccs1)=C(/C)C#Cc1cccnc1)C(C)(F)F)c1cccc(F)c1. The lowest BCUT2D eigenvalue weighted by Crippen LogP contribution is -2.26. The summed E-state index contributed by atoms with van der Waals surface area (Å²) in [5.74, 6) is 1.50. The first-order chi connectivity index (χ1) is 18.6. The normalized spacial score (nSPS) is 13.4. The van der Waals surface area contributed by atoms with Gasteiger partial charge in [-0.2, -0.15) is 0 Å². The molecule has 200 valence electrons. The molecule has 2 heterocycles. The van der Waals surface area contributed by atoms with Gasteiger partial charge >= 0.3 is 0 Å². The minimum absolute atomic E-state index is 0.0675. The summed E-state index contributed by atoms with van der Waals surface area (Å²) in [5, 5.41) is 4.69. The van der Waals surface area contributed by atoms with Crippen LogP contribution in [0.3, 0.4) is 0 Å². The number of benzene rings is 1. The Kier molecular flexibility index (Phi) is 10.2. The molecule has 0 bridgehead atoms. The average molecular weight is 548 g/mol. The second kappa shape index (κ2) is 13.5. The number of carbonyl (C=O) groups excluding carboxylic acids is 1. The first kappa shape index (κ1) is 29.3. The van der Waals surface area contributed by atoms with Crippen molar-refractivity contribution in [1.29, 1.82) is 0 Å². The molecule has 1 N–H and O–H groups in total. The molecule has 2 aromatic heterocycles. The Morgan fingerprint density at radius 1 is 1.18 bits per heavy atom. The van der Waals surface area contributed by atoms with Gasteiger partial charge in [-0.15, -0.1) is 11.3 Å². The van der Waals surface area contributed by atoms with Gasteiger partial charge in [0, 0.05) is 46.6 Å². The summed E-state index contributed by atoms with van der Waals surface area (Å²) in [6, 6.07) is 12.9. The Bertz CT molecular complexity index is 1490. The number of hydrogen-bond acceptors (Lipinski definition) is 4. The molecule has 0 atom stereocenters. The molecule has 1 aromatic carbocycles. The molecule has 4 nitrogen and oxygen atoms in total. The second-order valence-corrected chi connectivity index (χ2v) is 9.66. The van der Waals surface area contributed by atoms with Crippen LogP contribution in [0.15, 0.2) is 100 Å². The van der Waals surface area contributed by atoms with Gasteiger partial charge < -0.3 is 5.32 Å². The lowest BCUT2D eigenvalue weighted by Gasteiger charge is -2.17. The maximum absolute atomic E-state index is 14.9. The van der Waals surface area contributed by atoms with Gasteiger partial charge in [0.1, 0.15) is 11.5 Å². The van der Waals surface area contributed by atoms with E-state index in [2.05, 4.69) is 27.1 Å². The van der Waals surface area contributed by atoms with Crippen molar-refractivity contribution in [3.63, 3.8) is 0 Å². The molecule has 0 aliphatic carbocycles. The van der Waals surface area contributed by atoms with Gasteiger partial charge in [0.05, 0.1) is 6.54 Å². The lowest BCUT2D eigenvalue weighted by molar-refractivity contribution is -0.117. The molecule has 0 aliphatic heterocycles. The first-order valence-corrected chi connectivity index (χ1v) is 13.0. The number of pyridine rings is 1. The Hall–Kier alpha value is -4.22. The number of nitrogens with one attached hydrogen (secondary N) is 1. The van der Waals surface area contributed by atoms with Crippen molar-refractivity contribution in [2.24, 2.45) is 4.99 Å². The summed E-state index contributed by atoms with van der Waals surface area (Å²) in [5.41, 5.74) is 1.21. The van der Waals surface area contributed by atoms with Crippen LogP contribution in [0.2, 0.25) is 0 Å². The smallest absolute Gasteiger partial charge is 0.272 e. The van der Waals surface area contributed by atoms with Crippen molar-refractivity contribution in [3.8, 4) is 11.8 Å². The molecule has 0 saturated heterocycles. The molecule has 0 aliphatic rings. The minimum Gasteiger partial charge on any atom is -0.346 e. The highest BCUT2D eigenvalue weighted by atomic mass is 32.1. The van der Waals surface area contributed by atoms with Crippen LogP contribution in [0.4, 0.5) is 13.2 Å². The number of aromatic nitrogens is 1. The van der Waals surface area contributed by atoms with Crippen LogP contribution in [0, 0.1) is 17.7 Å². The molecular weight excluding hydrogens is 519 g/mol. The van der Waals surface area contributed by atoms with E-state index in [-0.39, 0.29) is 18.0 Å². The van der Waals surface area contributed by atoms with E-state index in [1.165, 1.54) is 42.5 Å². The summed E-state index contributed by atoms with van der Waals surface area (Å²) in [4.78, 5) is 22.5. The van der Waals surface area contributed by atoms with Gasteiger partial charge in [0.2, 0.25) is 0 Å². The predicted octanol–water partition coefficient (Wildman–Crippen LogP) is 7.37. The number of nitrogens with zero attached hydrogens (tertiary/aromatic N) is 2. The highest BCUT2D eigenvalue weighted by Crippen LogP contribution is 2.29. The molecule has 0 spiro atoms. The molecule has 39 heavy (non-hydrogen) atoms. The number of carbonyl (C=O) groups is 1. The van der Waals surface area contributed by atoms with Crippen LogP contribution in [0.25, 0.3) is 5.57 Å². The Labute approximate surface area is 230 Å². The molecular formula is C31H28F3N3OS. The number of alkyl halides is 2. The molecule has 3 aromatic rings. The topological polar surface area (TPSA) is 54.4 Å². The Balaban J connectivity index is 2.08. The second-order valence-electron chi connectivity index (χ2n) is 8.63. The largest absolute Gasteiger partial charge is 0.346 e. The van der Waals surface area contributed by atoms with Crippen molar-refractivity contribution < 1.29 is 18.0 Å². The van der Waals surface area contributed by atoms with Crippen LogP contribution in [0.5, 0.6) is 0 Å². The maximum atomic E-state index is 14.9. The van der Waals surface area contributed by atoms with Gasteiger partial charge in [0.25, 0.3) is 11.8 Å². The molecule has 0 radical (unpaired) electrons. The molecule has 0 unspecified atom stereocenters. The fraction of sp³-hybridized carbons (Fsp3) is 0.194. The van der Waals surface area contributed by atoms with E-state index in [1.807, 2.05) is 17.5 Å². The van der Waals surface area contributed by atoms with Crippen LogP contribution >= 0.6 is 11.3 Å². The number of amides is 1. The van der Waals surface area contributed by atoms with E-state index in [0.717, 1.165) is 11.8 Å². The summed E-state index contributed by atoms with van der Waals surface area (Å²) in [7, 11) is 0. The van der Waals surface area contributed by atoms with Gasteiger partial charge in [0.15, 0.2) is 0 Å². The summed E-state index contributed by atoms with van der Waals surface area (Å²) in [6.07, 6.45) is 6.08. The van der Waals surface area contributed by atoms with Crippen molar-refractivity contribution in [2.75, 3.05) is 0 Å². The Morgan fingerprint density at radius 2 is 1.97 bits per heavy atom. The summed E-state index contributed by atoms with van der Waals surface area (Å²) >= 11 is 1.48. The monoisotopic (exact) mass is 547 g/mol. The van der Waals surface area contributed by atoms with Crippen molar-refractivity contribution in [2.45, 2.75) is 40.2 Å².